The van der Waals surface area contributed by atoms with Crippen molar-refractivity contribution in [1.82, 2.24) is 10.3 Å². The molecular formula is C13H14N2O4. The fourth-order valence-corrected chi connectivity index (χ4v) is 1.91. The van der Waals surface area contributed by atoms with Crippen molar-refractivity contribution in [3.8, 4) is 5.75 Å². The number of methoxy groups -OCH3 is 1. The monoisotopic (exact) mass is 262 g/mol. The lowest BCUT2D eigenvalue weighted by Gasteiger charge is -2.03. The standard InChI is InChI=1S/C13H14N2O4/c1-19-10-4-2-3-9-8(6-15-13(9)10)5-11(16)14-7-12(17)18/h2-4,6,15H,5,7H2,1H3,(H,14,16)(H,17,18). The minimum absolute atomic E-state index is 0.125. The fourth-order valence-electron chi connectivity index (χ4n) is 1.91. The molecule has 0 aliphatic carbocycles. The van der Waals surface area contributed by atoms with Crippen molar-refractivity contribution in [2.45, 2.75) is 6.42 Å². The van der Waals surface area contributed by atoms with Gasteiger partial charge in [0.1, 0.15) is 12.3 Å². The summed E-state index contributed by atoms with van der Waals surface area (Å²) >= 11 is 0. The molecular weight excluding hydrogens is 248 g/mol. The normalized spacial score (nSPS) is 10.4. The maximum atomic E-state index is 11.6. The predicted octanol–water partition coefficient (Wildman–Crippen LogP) is 0.920. The molecule has 0 saturated heterocycles. The van der Waals surface area contributed by atoms with Crippen LogP contribution in [0, 0.1) is 0 Å². The number of hydrogen-bond donors (Lipinski definition) is 3. The molecule has 0 saturated carbocycles. The van der Waals surface area contributed by atoms with E-state index in [9.17, 15) is 9.59 Å². The van der Waals surface area contributed by atoms with Gasteiger partial charge in [-0.1, -0.05) is 12.1 Å². The van der Waals surface area contributed by atoms with Crippen molar-refractivity contribution < 1.29 is 19.4 Å². The van der Waals surface area contributed by atoms with E-state index < -0.39 is 5.97 Å². The Kier molecular flexibility index (Phi) is 3.70. The zero-order valence-corrected chi connectivity index (χ0v) is 10.4. The Labute approximate surface area is 109 Å². The molecule has 0 aliphatic rings. The maximum Gasteiger partial charge on any atom is 0.322 e. The van der Waals surface area contributed by atoms with Crippen LogP contribution in [0.4, 0.5) is 0 Å². The molecule has 6 nitrogen and oxygen atoms in total. The van der Waals surface area contributed by atoms with Gasteiger partial charge < -0.3 is 20.1 Å². The summed E-state index contributed by atoms with van der Waals surface area (Å²) in [6, 6.07) is 5.55. The number of para-hydroxylation sites is 1. The van der Waals surface area contributed by atoms with Crippen LogP contribution in [0.25, 0.3) is 10.9 Å². The summed E-state index contributed by atoms with van der Waals surface area (Å²) < 4.78 is 5.22. The van der Waals surface area contributed by atoms with E-state index in [4.69, 9.17) is 9.84 Å². The number of hydrogen-bond acceptors (Lipinski definition) is 3. The third-order valence-electron chi connectivity index (χ3n) is 2.77. The van der Waals surface area contributed by atoms with E-state index in [0.717, 1.165) is 16.5 Å². The predicted molar refractivity (Wildman–Crippen MR) is 69.2 cm³/mol. The third kappa shape index (κ3) is 2.85. The van der Waals surface area contributed by atoms with Crippen LogP contribution < -0.4 is 10.1 Å². The molecule has 1 amide bonds. The van der Waals surface area contributed by atoms with Gasteiger partial charge in [0.2, 0.25) is 5.91 Å². The fraction of sp³-hybridized carbons (Fsp3) is 0.231. The van der Waals surface area contributed by atoms with Gasteiger partial charge in [0.15, 0.2) is 0 Å². The number of carboxylic acid groups (broad SMARTS) is 1. The first-order valence-corrected chi connectivity index (χ1v) is 5.73. The van der Waals surface area contributed by atoms with Crippen molar-refractivity contribution in [1.29, 1.82) is 0 Å². The lowest BCUT2D eigenvalue weighted by Crippen LogP contribution is -2.30. The first kappa shape index (κ1) is 12.9. The van der Waals surface area contributed by atoms with E-state index >= 15 is 0 Å². The van der Waals surface area contributed by atoms with Crippen LogP contribution in [0.1, 0.15) is 5.56 Å². The Morgan fingerprint density at radius 3 is 2.89 bits per heavy atom. The highest BCUT2D eigenvalue weighted by molar-refractivity contribution is 5.92. The Morgan fingerprint density at radius 2 is 2.21 bits per heavy atom. The Hall–Kier alpha value is -2.50. The molecule has 0 spiro atoms. The van der Waals surface area contributed by atoms with Crippen molar-refractivity contribution in [3.05, 3.63) is 30.0 Å². The first-order valence-electron chi connectivity index (χ1n) is 5.73. The number of rotatable bonds is 5. The smallest absolute Gasteiger partial charge is 0.322 e. The van der Waals surface area contributed by atoms with Crippen molar-refractivity contribution in [2.75, 3.05) is 13.7 Å². The summed E-state index contributed by atoms with van der Waals surface area (Å²) in [5.74, 6) is -0.685. The molecule has 6 heteroatoms. The van der Waals surface area contributed by atoms with Crippen LogP contribution >= 0.6 is 0 Å². The molecule has 0 aliphatic heterocycles. The third-order valence-corrected chi connectivity index (χ3v) is 2.77. The number of aliphatic carboxylic acids is 1. The SMILES string of the molecule is COc1cccc2c(CC(=O)NCC(=O)O)c[nH]c12. The van der Waals surface area contributed by atoms with Gasteiger partial charge in [-0.05, 0) is 11.6 Å². The number of benzene rings is 1. The molecule has 2 rings (SSSR count). The zero-order chi connectivity index (χ0) is 13.8. The van der Waals surface area contributed by atoms with Crippen LogP contribution in [0.5, 0.6) is 5.75 Å². The molecule has 19 heavy (non-hydrogen) atoms. The Morgan fingerprint density at radius 1 is 1.42 bits per heavy atom. The van der Waals surface area contributed by atoms with Crippen molar-refractivity contribution >= 4 is 22.8 Å². The van der Waals surface area contributed by atoms with Crippen molar-refractivity contribution in [2.24, 2.45) is 0 Å². The summed E-state index contributed by atoms with van der Waals surface area (Å²) in [6.45, 7) is -0.371. The number of carboxylic acids is 1. The molecule has 0 radical (unpaired) electrons. The quantitative estimate of drug-likeness (QED) is 0.747. The summed E-state index contributed by atoms with van der Waals surface area (Å²) in [5.41, 5.74) is 1.63. The largest absolute Gasteiger partial charge is 0.495 e. The average molecular weight is 262 g/mol. The number of amides is 1. The van der Waals surface area contributed by atoms with Crippen LogP contribution in [0.15, 0.2) is 24.4 Å². The van der Waals surface area contributed by atoms with Crippen LogP contribution in [0.3, 0.4) is 0 Å². The van der Waals surface area contributed by atoms with E-state index in [1.807, 2.05) is 18.2 Å². The zero-order valence-electron chi connectivity index (χ0n) is 10.4. The highest BCUT2D eigenvalue weighted by atomic mass is 16.5. The van der Waals surface area contributed by atoms with Gasteiger partial charge in [-0.25, -0.2) is 0 Å². The minimum Gasteiger partial charge on any atom is -0.495 e. The second kappa shape index (κ2) is 5.43. The number of carbonyl (C=O) groups is 2. The summed E-state index contributed by atoms with van der Waals surface area (Å²) in [4.78, 5) is 25.0. The highest BCUT2D eigenvalue weighted by Gasteiger charge is 2.11. The molecule has 1 heterocycles. The molecule has 100 valence electrons. The van der Waals surface area contributed by atoms with Gasteiger partial charge in [0.05, 0.1) is 19.0 Å². The molecule has 0 atom stereocenters. The maximum absolute atomic E-state index is 11.6. The van der Waals surface area contributed by atoms with E-state index in [2.05, 4.69) is 10.3 Å². The van der Waals surface area contributed by atoms with E-state index in [1.54, 1.807) is 13.3 Å². The molecule has 0 bridgehead atoms. The summed E-state index contributed by atoms with van der Waals surface area (Å²) in [6.07, 6.45) is 1.86. The second-order valence-electron chi connectivity index (χ2n) is 4.04. The number of nitrogens with one attached hydrogen (secondary N) is 2. The van der Waals surface area contributed by atoms with Crippen LogP contribution in [-0.4, -0.2) is 35.6 Å². The molecule has 1 aromatic heterocycles. The minimum atomic E-state index is -1.06. The molecule has 0 unspecified atom stereocenters. The molecule has 1 aromatic carbocycles. The molecule has 0 fully saturated rings. The van der Waals surface area contributed by atoms with Gasteiger partial charge in [0, 0.05) is 11.6 Å². The lowest BCUT2D eigenvalue weighted by atomic mass is 10.1. The van der Waals surface area contributed by atoms with Gasteiger partial charge in [-0.3, -0.25) is 9.59 Å². The van der Waals surface area contributed by atoms with Gasteiger partial charge in [-0.15, -0.1) is 0 Å². The lowest BCUT2D eigenvalue weighted by molar-refractivity contribution is -0.137. The number of aromatic amines is 1. The van der Waals surface area contributed by atoms with E-state index in [-0.39, 0.29) is 18.9 Å². The Bertz CT molecular complexity index is 618. The van der Waals surface area contributed by atoms with Crippen LogP contribution in [0.2, 0.25) is 0 Å². The number of aromatic nitrogens is 1. The van der Waals surface area contributed by atoms with Crippen molar-refractivity contribution in [3.63, 3.8) is 0 Å². The molecule has 3 N–H and O–H groups in total. The Balaban J connectivity index is 2.17. The first-order chi connectivity index (χ1) is 9.11. The second-order valence-corrected chi connectivity index (χ2v) is 4.04. The van der Waals surface area contributed by atoms with E-state index in [1.165, 1.54) is 0 Å². The topological polar surface area (TPSA) is 91.4 Å². The highest BCUT2D eigenvalue weighted by Crippen LogP contribution is 2.27. The van der Waals surface area contributed by atoms with Gasteiger partial charge >= 0.3 is 5.97 Å². The van der Waals surface area contributed by atoms with Gasteiger partial charge in [0.25, 0.3) is 0 Å². The number of ether oxygens (including phenoxy) is 1. The van der Waals surface area contributed by atoms with Crippen LogP contribution in [-0.2, 0) is 16.0 Å². The average Bonchev–Trinajstić information content (AvgIpc) is 2.79. The number of carbonyl (C=O) groups excluding carboxylic acids is 1. The van der Waals surface area contributed by atoms with Gasteiger partial charge in [-0.2, -0.15) is 0 Å². The molecule has 2 aromatic rings. The summed E-state index contributed by atoms with van der Waals surface area (Å²) in [7, 11) is 1.58. The number of fused-ring (bicyclic) bond motifs is 1. The van der Waals surface area contributed by atoms with E-state index in [0.29, 0.717) is 5.75 Å². The summed E-state index contributed by atoms with van der Waals surface area (Å²) in [5, 5.41) is 11.7. The number of H-pyrrole nitrogens is 1.